The van der Waals surface area contributed by atoms with Gasteiger partial charge in [0.15, 0.2) is 6.10 Å². The predicted octanol–water partition coefficient (Wildman–Crippen LogP) is 2.70. The van der Waals surface area contributed by atoms with Crippen molar-refractivity contribution in [1.29, 1.82) is 0 Å². The van der Waals surface area contributed by atoms with Crippen LogP contribution in [0, 0.1) is 0 Å². The molecular weight excluding hydrogens is 240 g/mol. The molecule has 0 saturated carbocycles. The van der Waals surface area contributed by atoms with Crippen molar-refractivity contribution < 1.29 is 31.4 Å². The highest BCUT2D eigenvalue weighted by atomic mass is 19.4. The minimum Gasteiger partial charge on any atom is -0.378 e. The minimum absolute atomic E-state index is 0.240. The van der Waals surface area contributed by atoms with Gasteiger partial charge in [-0.2, -0.15) is 26.3 Å². The SMILES string of the molecule is OC(c1ccc(C(F)(F)F)cn1)C(F)(F)F. The van der Waals surface area contributed by atoms with Gasteiger partial charge in [0.05, 0.1) is 11.3 Å². The molecule has 1 aromatic heterocycles. The van der Waals surface area contributed by atoms with Gasteiger partial charge in [-0.3, -0.25) is 4.98 Å². The van der Waals surface area contributed by atoms with Crippen LogP contribution in [0.5, 0.6) is 0 Å². The molecule has 90 valence electrons. The summed E-state index contributed by atoms with van der Waals surface area (Å²) >= 11 is 0. The first-order valence-electron chi connectivity index (χ1n) is 3.90. The van der Waals surface area contributed by atoms with Crippen molar-refractivity contribution in [3.63, 3.8) is 0 Å². The van der Waals surface area contributed by atoms with Crippen molar-refractivity contribution in [2.45, 2.75) is 18.5 Å². The third kappa shape index (κ3) is 2.84. The van der Waals surface area contributed by atoms with Crippen molar-refractivity contribution in [1.82, 2.24) is 4.98 Å². The second-order valence-corrected chi connectivity index (χ2v) is 2.91. The zero-order valence-electron chi connectivity index (χ0n) is 7.47. The fourth-order valence-electron chi connectivity index (χ4n) is 0.902. The van der Waals surface area contributed by atoms with Crippen LogP contribution in [0.15, 0.2) is 18.3 Å². The Morgan fingerprint density at radius 3 is 1.94 bits per heavy atom. The second kappa shape index (κ2) is 3.93. The molecule has 1 N–H and O–H groups in total. The van der Waals surface area contributed by atoms with E-state index in [0.29, 0.717) is 12.1 Å². The first-order valence-corrected chi connectivity index (χ1v) is 3.90. The van der Waals surface area contributed by atoms with Crippen LogP contribution >= 0.6 is 0 Å². The van der Waals surface area contributed by atoms with Crippen LogP contribution in [0.3, 0.4) is 0 Å². The van der Waals surface area contributed by atoms with Crippen molar-refractivity contribution in [3.05, 3.63) is 29.6 Å². The number of aliphatic hydroxyl groups is 1. The first-order chi connectivity index (χ1) is 7.12. The Bertz CT molecular complexity index is 354. The van der Waals surface area contributed by atoms with Gasteiger partial charge in [0.1, 0.15) is 0 Å². The highest BCUT2D eigenvalue weighted by Crippen LogP contribution is 2.33. The van der Waals surface area contributed by atoms with Gasteiger partial charge >= 0.3 is 12.4 Å². The molecule has 1 rings (SSSR count). The Hall–Kier alpha value is -1.31. The summed E-state index contributed by atoms with van der Waals surface area (Å²) in [6, 6.07) is 0.915. The van der Waals surface area contributed by atoms with Gasteiger partial charge in [0, 0.05) is 6.20 Å². The van der Waals surface area contributed by atoms with E-state index in [1.807, 2.05) is 0 Å². The normalized spacial score (nSPS) is 14.9. The van der Waals surface area contributed by atoms with Crippen LogP contribution in [0.25, 0.3) is 0 Å². The van der Waals surface area contributed by atoms with Gasteiger partial charge in [0.25, 0.3) is 0 Å². The molecule has 0 aliphatic heterocycles. The zero-order valence-corrected chi connectivity index (χ0v) is 7.47. The number of rotatable bonds is 1. The first kappa shape index (κ1) is 12.8. The lowest BCUT2D eigenvalue weighted by Crippen LogP contribution is -2.21. The summed E-state index contributed by atoms with van der Waals surface area (Å²) in [5.41, 5.74) is -2.05. The van der Waals surface area contributed by atoms with Crippen LogP contribution in [-0.4, -0.2) is 16.3 Å². The van der Waals surface area contributed by atoms with E-state index in [-0.39, 0.29) is 6.20 Å². The standard InChI is InChI=1S/C8H5F6NO/c9-7(10,11)4-1-2-5(15-3-4)6(16)8(12,13)14/h1-3,6,16H. The van der Waals surface area contributed by atoms with Crippen LogP contribution in [0.2, 0.25) is 0 Å². The quantitative estimate of drug-likeness (QED) is 0.771. The average molecular weight is 245 g/mol. The Morgan fingerprint density at radius 1 is 1.06 bits per heavy atom. The molecule has 0 aromatic carbocycles. The summed E-state index contributed by atoms with van der Waals surface area (Å²) < 4.78 is 72.0. The fourth-order valence-corrected chi connectivity index (χ4v) is 0.902. The van der Waals surface area contributed by atoms with Gasteiger partial charge in [-0.15, -0.1) is 0 Å². The van der Waals surface area contributed by atoms with E-state index in [4.69, 9.17) is 5.11 Å². The highest BCUT2D eigenvalue weighted by Gasteiger charge is 2.40. The Morgan fingerprint density at radius 2 is 1.62 bits per heavy atom. The molecule has 0 saturated heterocycles. The number of alkyl halides is 6. The van der Waals surface area contributed by atoms with E-state index in [9.17, 15) is 26.3 Å². The summed E-state index contributed by atoms with van der Waals surface area (Å²) in [6.07, 6.45) is -12.3. The van der Waals surface area contributed by atoms with Crippen molar-refractivity contribution >= 4 is 0 Å². The second-order valence-electron chi connectivity index (χ2n) is 2.91. The summed E-state index contributed by atoms with van der Waals surface area (Å²) in [7, 11) is 0. The van der Waals surface area contributed by atoms with Crippen LogP contribution in [0.4, 0.5) is 26.3 Å². The molecule has 2 nitrogen and oxygen atoms in total. The smallest absolute Gasteiger partial charge is 0.378 e. The van der Waals surface area contributed by atoms with Crippen LogP contribution < -0.4 is 0 Å². The largest absolute Gasteiger partial charge is 0.420 e. The third-order valence-electron chi connectivity index (χ3n) is 1.70. The van der Waals surface area contributed by atoms with Gasteiger partial charge in [-0.1, -0.05) is 0 Å². The number of hydrogen-bond donors (Lipinski definition) is 1. The Balaban J connectivity index is 2.96. The third-order valence-corrected chi connectivity index (χ3v) is 1.70. The molecule has 1 aromatic rings. The molecule has 0 fully saturated rings. The highest BCUT2D eigenvalue weighted by molar-refractivity contribution is 5.18. The topological polar surface area (TPSA) is 33.1 Å². The molecule has 8 heteroatoms. The van der Waals surface area contributed by atoms with Gasteiger partial charge in [-0.05, 0) is 12.1 Å². The number of pyridine rings is 1. The lowest BCUT2D eigenvalue weighted by atomic mass is 10.2. The maximum atomic E-state index is 12.0. The Labute approximate surface area is 85.5 Å². The minimum atomic E-state index is -4.95. The lowest BCUT2D eigenvalue weighted by Gasteiger charge is -2.14. The summed E-state index contributed by atoms with van der Waals surface area (Å²) in [6.45, 7) is 0. The molecule has 0 aliphatic carbocycles. The molecule has 0 aliphatic rings. The fraction of sp³-hybridized carbons (Fsp3) is 0.375. The van der Waals surface area contributed by atoms with E-state index < -0.39 is 29.7 Å². The Kier molecular flexibility index (Phi) is 3.13. The monoisotopic (exact) mass is 245 g/mol. The van der Waals surface area contributed by atoms with Crippen molar-refractivity contribution in [2.24, 2.45) is 0 Å². The molecule has 0 spiro atoms. The van der Waals surface area contributed by atoms with Crippen LogP contribution in [-0.2, 0) is 6.18 Å². The maximum absolute atomic E-state index is 12.0. The van der Waals surface area contributed by atoms with Gasteiger partial charge in [-0.25, -0.2) is 0 Å². The molecule has 0 bridgehead atoms. The van der Waals surface area contributed by atoms with Crippen LogP contribution in [0.1, 0.15) is 17.4 Å². The maximum Gasteiger partial charge on any atom is 0.420 e. The molecule has 1 heterocycles. The number of aliphatic hydroxyl groups excluding tert-OH is 1. The van der Waals surface area contributed by atoms with E-state index in [1.165, 1.54) is 0 Å². The molecular formula is C8H5F6NO. The molecule has 16 heavy (non-hydrogen) atoms. The zero-order chi connectivity index (χ0) is 12.6. The average Bonchev–Trinajstić information content (AvgIpc) is 2.14. The number of aromatic nitrogens is 1. The van der Waals surface area contributed by atoms with Gasteiger partial charge < -0.3 is 5.11 Å². The number of halogens is 6. The van der Waals surface area contributed by atoms with Gasteiger partial charge in [0.2, 0.25) is 0 Å². The summed E-state index contributed by atoms with van der Waals surface area (Å²) in [5, 5.41) is 8.68. The van der Waals surface area contributed by atoms with E-state index in [1.54, 1.807) is 0 Å². The molecule has 0 amide bonds. The summed E-state index contributed by atoms with van der Waals surface area (Å²) in [5.74, 6) is 0. The molecule has 1 unspecified atom stereocenters. The molecule has 1 atom stereocenters. The van der Waals surface area contributed by atoms with Crippen molar-refractivity contribution in [3.8, 4) is 0 Å². The molecule has 0 radical (unpaired) electrons. The number of nitrogens with zero attached hydrogens (tertiary/aromatic N) is 1. The van der Waals surface area contributed by atoms with Crippen molar-refractivity contribution in [2.75, 3.05) is 0 Å². The lowest BCUT2D eigenvalue weighted by molar-refractivity contribution is -0.208. The predicted molar refractivity (Wildman–Crippen MR) is 40.3 cm³/mol. The summed E-state index contributed by atoms with van der Waals surface area (Å²) in [4.78, 5) is 2.92. The number of hydrogen-bond acceptors (Lipinski definition) is 2. The van der Waals surface area contributed by atoms with E-state index in [2.05, 4.69) is 4.98 Å². The van der Waals surface area contributed by atoms with E-state index in [0.717, 1.165) is 0 Å². The van der Waals surface area contributed by atoms with E-state index >= 15 is 0 Å².